The number of rotatable bonds is 5. The van der Waals surface area contributed by atoms with Gasteiger partial charge in [-0.05, 0) is 30.7 Å². The summed E-state index contributed by atoms with van der Waals surface area (Å²) in [5.74, 6) is 4.77. The van der Waals surface area contributed by atoms with Crippen molar-refractivity contribution in [3.63, 3.8) is 0 Å². The average Bonchev–Trinajstić information content (AvgIpc) is 3.18. The summed E-state index contributed by atoms with van der Waals surface area (Å²) in [6.45, 7) is 2.58. The summed E-state index contributed by atoms with van der Waals surface area (Å²) >= 11 is 0. The molecule has 1 atom stereocenters. The standard InChI is InChI=1S/C22H18N2O5/c1-3-7-26-16-6-5-13(8-18(16)25-4-2)21-14-9-19-20(28-12-27-19)10-17(14)29-22(24)15(21)11-23/h1,5-6,8-10,21H,4,7,12,24H2,2H3. The maximum Gasteiger partial charge on any atom is 0.231 e. The van der Waals surface area contributed by atoms with Crippen molar-refractivity contribution in [1.29, 1.82) is 5.26 Å². The molecule has 4 rings (SSSR count). The van der Waals surface area contributed by atoms with Gasteiger partial charge in [-0.2, -0.15) is 5.26 Å². The van der Waals surface area contributed by atoms with Crippen LogP contribution in [0.1, 0.15) is 24.0 Å². The lowest BCUT2D eigenvalue weighted by Gasteiger charge is -2.27. The van der Waals surface area contributed by atoms with E-state index in [2.05, 4.69) is 12.0 Å². The summed E-state index contributed by atoms with van der Waals surface area (Å²) in [6, 6.07) is 11.1. The van der Waals surface area contributed by atoms with Crippen molar-refractivity contribution in [1.82, 2.24) is 0 Å². The molecule has 2 aromatic rings. The van der Waals surface area contributed by atoms with E-state index in [1.807, 2.05) is 25.1 Å². The smallest absolute Gasteiger partial charge is 0.231 e. The van der Waals surface area contributed by atoms with Gasteiger partial charge in [0.1, 0.15) is 24.0 Å². The van der Waals surface area contributed by atoms with Gasteiger partial charge in [0.25, 0.3) is 0 Å². The van der Waals surface area contributed by atoms with E-state index in [-0.39, 0.29) is 19.3 Å². The zero-order chi connectivity index (χ0) is 20.4. The van der Waals surface area contributed by atoms with Crippen molar-refractivity contribution in [2.75, 3.05) is 20.0 Å². The molecule has 0 saturated heterocycles. The van der Waals surface area contributed by atoms with Crippen LogP contribution in [0.3, 0.4) is 0 Å². The molecule has 0 bridgehead atoms. The van der Waals surface area contributed by atoms with Crippen LogP contribution in [-0.4, -0.2) is 20.0 Å². The SMILES string of the molecule is C#CCOc1ccc(C2C(C#N)=C(N)Oc3cc4c(cc32)OCO4)cc1OCC. The molecule has 0 fully saturated rings. The number of hydrogen-bond acceptors (Lipinski definition) is 7. The van der Waals surface area contributed by atoms with Gasteiger partial charge in [0.2, 0.25) is 12.7 Å². The second kappa shape index (κ2) is 7.57. The minimum Gasteiger partial charge on any atom is -0.490 e. The number of hydrogen-bond donors (Lipinski definition) is 1. The van der Waals surface area contributed by atoms with E-state index >= 15 is 0 Å². The molecule has 146 valence electrons. The van der Waals surface area contributed by atoms with Crippen LogP contribution < -0.4 is 29.4 Å². The molecule has 2 N–H and O–H groups in total. The third-order valence-electron chi connectivity index (χ3n) is 4.62. The Hall–Kier alpha value is -3.97. The molecule has 0 amide bonds. The fourth-order valence-corrected chi connectivity index (χ4v) is 3.40. The van der Waals surface area contributed by atoms with Gasteiger partial charge in [-0.25, -0.2) is 0 Å². The Kier molecular flexibility index (Phi) is 4.80. The van der Waals surface area contributed by atoms with Gasteiger partial charge < -0.3 is 29.4 Å². The Bertz CT molecular complexity index is 1080. The van der Waals surface area contributed by atoms with Crippen LogP contribution in [0.4, 0.5) is 0 Å². The van der Waals surface area contributed by atoms with Crippen LogP contribution in [0.15, 0.2) is 41.8 Å². The number of nitriles is 1. The van der Waals surface area contributed by atoms with Gasteiger partial charge in [-0.1, -0.05) is 12.0 Å². The van der Waals surface area contributed by atoms with E-state index in [0.29, 0.717) is 40.9 Å². The van der Waals surface area contributed by atoms with Crippen molar-refractivity contribution in [2.45, 2.75) is 12.8 Å². The Labute approximate surface area is 168 Å². The molecular formula is C22H18N2O5. The van der Waals surface area contributed by atoms with E-state index in [0.717, 1.165) is 11.1 Å². The normalized spacial score (nSPS) is 16.3. The van der Waals surface area contributed by atoms with E-state index in [4.69, 9.17) is 35.8 Å². The molecule has 0 saturated carbocycles. The first-order chi connectivity index (χ1) is 14.2. The average molecular weight is 390 g/mol. The third kappa shape index (κ3) is 3.24. The minimum atomic E-state index is -0.459. The maximum atomic E-state index is 9.75. The minimum absolute atomic E-state index is 0.0504. The van der Waals surface area contributed by atoms with Gasteiger partial charge in [0, 0.05) is 11.6 Å². The molecular weight excluding hydrogens is 372 g/mol. The first kappa shape index (κ1) is 18.4. The molecule has 0 aliphatic carbocycles. The van der Waals surface area contributed by atoms with Crippen molar-refractivity contribution in [3.8, 4) is 47.2 Å². The number of terminal acetylenes is 1. The van der Waals surface area contributed by atoms with Crippen molar-refractivity contribution >= 4 is 0 Å². The summed E-state index contributed by atoms with van der Waals surface area (Å²) in [6.07, 6.45) is 5.29. The second-order valence-corrected chi connectivity index (χ2v) is 6.30. The number of fused-ring (bicyclic) bond motifs is 2. The number of benzene rings is 2. The van der Waals surface area contributed by atoms with Gasteiger partial charge >= 0.3 is 0 Å². The predicted octanol–water partition coefficient (Wildman–Crippen LogP) is 3.04. The van der Waals surface area contributed by atoms with Gasteiger partial charge in [0.15, 0.2) is 23.0 Å². The summed E-state index contributed by atoms with van der Waals surface area (Å²) in [7, 11) is 0. The third-order valence-corrected chi connectivity index (χ3v) is 4.62. The molecule has 1 unspecified atom stereocenters. The Morgan fingerprint density at radius 2 is 1.93 bits per heavy atom. The highest BCUT2D eigenvalue weighted by Crippen LogP contribution is 2.48. The molecule has 29 heavy (non-hydrogen) atoms. The zero-order valence-electron chi connectivity index (χ0n) is 15.7. The molecule has 0 radical (unpaired) electrons. The van der Waals surface area contributed by atoms with Crippen LogP contribution in [0.2, 0.25) is 0 Å². The lowest BCUT2D eigenvalue weighted by Crippen LogP contribution is -2.21. The van der Waals surface area contributed by atoms with E-state index in [9.17, 15) is 5.26 Å². The van der Waals surface area contributed by atoms with Crippen LogP contribution in [0.25, 0.3) is 0 Å². The Morgan fingerprint density at radius 3 is 2.66 bits per heavy atom. The first-order valence-corrected chi connectivity index (χ1v) is 9.00. The summed E-state index contributed by atoms with van der Waals surface area (Å²) in [4.78, 5) is 0. The van der Waals surface area contributed by atoms with Gasteiger partial charge in [0.05, 0.1) is 12.5 Å². The van der Waals surface area contributed by atoms with Crippen molar-refractivity contribution in [2.24, 2.45) is 5.73 Å². The molecule has 2 aliphatic rings. The fourth-order valence-electron chi connectivity index (χ4n) is 3.40. The number of ether oxygens (including phenoxy) is 5. The number of allylic oxidation sites excluding steroid dienone is 1. The molecule has 7 heteroatoms. The van der Waals surface area contributed by atoms with Crippen molar-refractivity contribution in [3.05, 3.63) is 52.9 Å². The molecule has 2 heterocycles. The Morgan fingerprint density at radius 1 is 1.14 bits per heavy atom. The predicted molar refractivity (Wildman–Crippen MR) is 104 cm³/mol. The molecule has 2 aliphatic heterocycles. The highest BCUT2D eigenvalue weighted by molar-refractivity contribution is 5.62. The largest absolute Gasteiger partial charge is 0.490 e. The summed E-state index contributed by atoms with van der Waals surface area (Å²) in [5.41, 5.74) is 7.90. The van der Waals surface area contributed by atoms with Gasteiger partial charge in [-0.3, -0.25) is 0 Å². The lowest BCUT2D eigenvalue weighted by molar-refractivity contribution is 0.174. The summed E-state index contributed by atoms with van der Waals surface area (Å²) < 4.78 is 27.9. The summed E-state index contributed by atoms with van der Waals surface area (Å²) in [5, 5.41) is 9.75. The van der Waals surface area contributed by atoms with E-state index < -0.39 is 5.92 Å². The molecule has 7 nitrogen and oxygen atoms in total. The van der Waals surface area contributed by atoms with Gasteiger partial charge in [-0.15, -0.1) is 6.42 Å². The monoisotopic (exact) mass is 390 g/mol. The maximum absolute atomic E-state index is 9.75. The van der Waals surface area contributed by atoms with Crippen LogP contribution in [0, 0.1) is 23.7 Å². The Balaban J connectivity index is 1.84. The first-order valence-electron chi connectivity index (χ1n) is 9.00. The molecule has 0 aromatic heterocycles. The highest BCUT2D eigenvalue weighted by Gasteiger charge is 2.33. The van der Waals surface area contributed by atoms with Crippen molar-refractivity contribution < 1.29 is 23.7 Å². The highest BCUT2D eigenvalue weighted by atomic mass is 16.7. The van der Waals surface area contributed by atoms with E-state index in [1.165, 1.54) is 0 Å². The second-order valence-electron chi connectivity index (χ2n) is 6.30. The van der Waals surface area contributed by atoms with Crippen LogP contribution in [0.5, 0.6) is 28.7 Å². The number of nitrogens with zero attached hydrogens (tertiary/aromatic N) is 1. The van der Waals surface area contributed by atoms with Crippen LogP contribution >= 0.6 is 0 Å². The molecule has 0 spiro atoms. The van der Waals surface area contributed by atoms with E-state index in [1.54, 1.807) is 12.1 Å². The fraction of sp³-hybridized carbons (Fsp3) is 0.227. The quantitative estimate of drug-likeness (QED) is 0.784. The topological polar surface area (TPSA) is 96.0 Å². The van der Waals surface area contributed by atoms with Crippen LogP contribution in [-0.2, 0) is 0 Å². The zero-order valence-corrected chi connectivity index (χ0v) is 15.7. The number of nitrogens with two attached hydrogens (primary N) is 1. The lowest BCUT2D eigenvalue weighted by atomic mass is 9.83. The molecule has 2 aromatic carbocycles.